The summed E-state index contributed by atoms with van der Waals surface area (Å²) in [5.74, 6) is 3.26. The van der Waals surface area contributed by atoms with Crippen LogP contribution in [-0.4, -0.2) is 31.7 Å². The average molecular weight is 415 g/mol. The molecule has 0 unspecified atom stereocenters. The fourth-order valence-corrected chi connectivity index (χ4v) is 5.75. The molecular formula is C25H26N4O2. The number of nitrogens with zero attached hydrogens (tertiary/aromatic N) is 4. The Hall–Kier alpha value is -3.15. The van der Waals surface area contributed by atoms with E-state index in [4.69, 9.17) is 4.74 Å². The van der Waals surface area contributed by atoms with Crippen molar-refractivity contribution in [2.45, 2.75) is 32.1 Å². The third kappa shape index (κ3) is 3.30. The maximum atomic E-state index is 10.7. The van der Waals surface area contributed by atoms with Gasteiger partial charge in [-0.1, -0.05) is 18.9 Å². The number of aromatic hydroxyl groups is 1. The van der Waals surface area contributed by atoms with Crippen molar-refractivity contribution in [3.05, 3.63) is 48.4 Å². The second-order valence-electron chi connectivity index (χ2n) is 9.26. The van der Waals surface area contributed by atoms with Gasteiger partial charge in [0, 0.05) is 30.4 Å². The van der Waals surface area contributed by atoms with Crippen LogP contribution in [0.4, 0.5) is 0 Å². The fraction of sp³-hybridized carbons (Fsp3) is 0.400. The molecule has 6 rings (SSSR count). The quantitative estimate of drug-likeness (QED) is 0.663. The van der Waals surface area contributed by atoms with Crippen molar-refractivity contribution >= 4 is 5.57 Å². The van der Waals surface area contributed by atoms with Crippen molar-refractivity contribution < 1.29 is 9.84 Å². The topological polar surface area (TPSA) is 73.1 Å². The highest BCUT2D eigenvalue weighted by Gasteiger charge is 2.37. The predicted octanol–water partition coefficient (Wildman–Crippen LogP) is 4.85. The largest absolute Gasteiger partial charge is 0.507 e. The van der Waals surface area contributed by atoms with E-state index >= 15 is 0 Å². The van der Waals surface area contributed by atoms with Gasteiger partial charge in [-0.3, -0.25) is 4.68 Å². The minimum atomic E-state index is 0.172. The number of ether oxygens (including phenoxy) is 1. The molecule has 0 spiro atoms. The summed E-state index contributed by atoms with van der Waals surface area (Å²) in [5.41, 5.74) is 5.34. The summed E-state index contributed by atoms with van der Waals surface area (Å²) < 4.78 is 7.69. The molecule has 0 radical (unpaired) electrons. The molecule has 3 aliphatic rings. The van der Waals surface area contributed by atoms with E-state index in [1.807, 2.05) is 31.4 Å². The first-order valence-electron chi connectivity index (χ1n) is 11.2. The lowest BCUT2D eigenvalue weighted by Crippen LogP contribution is -2.20. The van der Waals surface area contributed by atoms with E-state index in [0.29, 0.717) is 23.8 Å². The number of phenols is 1. The molecule has 2 saturated carbocycles. The van der Waals surface area contributed by atoms with E-state index in [0.717, 1.165) is 34.4 Å². The zero-order chi connectivity index (χ0) is 20.9. The van der Waals surface area contributed by atoms with Crippen molar-refractivity contribution in [2.24, 2.45) is 24.8 Å². The second kappa shape index (κ2) is 7.22. The van der Waals surface area contributed by atoms with Crippen LogP contribution in [0.25, 0.3) is 28.0 Å². The number of aromatic nitrogens is 4. The molecule has 2 bridgehead atoms. The zero-order valence-electron chi connectivity index (χ0n) is 17.7. The van der Waals surface area contributed by atoms with Gasteiger partial charge in [0.2, 0.25) is 0 Å². The minimum absolute atomic E-state index is 0.172. The highest BCUT2D eigenvalue weighted by molar-refractivity contribution is 5.77. The van der Waals surface area contributed by atoms with Crippen LogP contribution in [0, 0.1) is 17.8 Å². The van der Waals surface area contributed by atoms with Crippen LogP contribution >= 0.6 is 0 Å². The van der Waals surface area contributed by atoms with Gasteiger partial charge in [-0.05, 0) is 66.4 Å². The van der Waals surface area contributed by atoms with Crippen LogP contribution in [0.15, 0.2) is 42.7 Å². The number of hydrogen-bond donors (Lipinski definition) is 1. The monoisotopic (exact) mass is 414 g/mol. The molecule has 3 aromatic rings. The Labute approximate surface area is 181 Å². The summed E-state index contributed by atoms with van der Waals surface area (Å²) in [7, 11) is 1.88. The number of benzene rings is 1. The smallest absolute Gasteiger partial charge is 0.149 e. The number of aryl methyl sites for hydroxylation is 1. The first kappa shape index (κ1) is 18.6. The lowest BCUT2D eigenvalue weighted by Gasteiger charge is -2.31. The van der Waals surface area contributed by atoms with Crippen molar-refractivity contribution in [1.82, 2.24) is 20.0 Å². The normalized spacial score (nSPS) is 24.4. The summed E-state index contributed by atoms with van der Waals surface area (Å²) in [6.45, 7) is 0.575. The van der Waals surface area contributed by atoms with Gasteiger partial charge in [-0.2, -0.15) is 5.10 Å². The van der Waals surface area contributed by atoms with Crippen LogP contribution in [-0.2, 0) is 7.05 Å². The van der Waals surface area contributed by atoms with Crippen LogP contribution < -0.4 is 4.74 Å². The predicted molar refractivity (Wildman–Crippen MR) is 118 cm³/mol. The van der Waals surface area contributed by atoms with E-state index in [-0.39, 0.29) is 5.75 Å². The van der Waals surface area contributed by atoms with E-state index < -0.39 is 0 Å². The number of rotatable bonds is 3. The Kier molecular flexibility index (Phi) is 4.33. The van der Waals surface area contributed by atoms with Crippen molar-refractivity contribution in [3.63, 3.8) is 0 Å². The Morgan fingerprint density at radius 3 is 2.61 bits per heavy atom. The number of hydrogen-bond acceptors (Lipinski definition) is 5. The van der Waals surface area contributed by atoms with Crippen LogP contribution in [0.2, 0.25) is 0 Å². The molecule has 2 aliphatic carbocycles. The first-order chi connectivity index (χ1) is 15.1. The third-order valence-corrected chi connectivity index (χ3v) is 7.21. The van der Waals surface area contributed by atoms with Gasteiger partial charge >= 0.3 is 0 Å². The molecule has 3 atom stereocenters. The Morgan fingerprint density at radius 1 is 1.03 bits per heavy atom. The van der Waals surface area contributed by atoms with E-state index in [2.05, 4.69) is 21.4 Å². The van der Waals surface area contributed by atoms with E-state index in [1.54, 1.807) is 16.9 Å². The maximum absolute atomic E-state index is 10.7. The van der Waals surface area contributed by atoms with Crippen molar-refractivity contribution in [3.8, 4) is 33.9 Å². The highest BCUT2D eigenvalue weighted by Crippen LogP contribution is 2.50. The SMILES string of the molecule is Cn1cc(-c2ccc(-c3cc4c(nn3)C([C@H]3C[C@@H]5CC[C@@H](C5)C3)=CCO4)c(O)c2)cn1. The third-order valence-electron chi connectivity index (χ3n) is 7.21. The molecule has 0 amide bonds. The lowest BCUT2D eigenvalue weighted by atomic mass is 9.76. The average Bonchev–Trinajstić information content (AvgIpc) is 3.37. The molecule has 6 heteroatoms. The maximum Gasteiger partial charge on any atom is 0.149 e. The summed E-state index contributed by atoms with van der Waals surface area (Å²) in [4.78, 5) is 0. The second-order valence-corrected chi connectivity index (χ2v) is 9.26. The van der Waals surface area contributed by atoms with Crippen molar-refractivity contribution in [1.29, 1.82) is 0 Å². The molecule has 0 saturated heterocycles. The van der Waals surface area contributed by atoms with Gasteiger partial charge in [-0.25, -0.2) is 0 Å². The number of allylic oxidation sites excluding steroid dienone is 1. The molecule has 31 heavy (non-hydrogen) atoms. The summed E-state index contributed by atoms with van der Waals surface area (Å²) in [5, 5.41) is 24.0. The van der Waals surface area contributed by atoms with Gasteiger partial charge in [0.15, 0.2) is 0 Å². The van der Waals surface area contributed by atoms with Gasteiger partial charge in [-0.15, -0.1) is 10.2 Å². The van der Waals surface area contributed by atoms with Crippen LogP contribution in [0.5, 0.6) is 11.5 Å². The Morgan fingerprint density at radius 2 is 1.87 bits per heavy atom. The standard InChI is InChI=1S/C25H26N4O2/c1-29-14-19(13-26-29)17-4-5-21(23(30)11-17)22-12-24-25(28-27-22)20(6-7-31-24)18-9-15-2-3-16(8-15)10-18/h4-6,11-16,18,30H,2-3,7-10H2,1H3/t15-,16+,18+. The van der Waals surface area contributed by atoms with Crippen molar-refractivity contribution in [2.75, 3.05) is 6.61 Å². The summed E-state index contributed by atoms with van der Waals surface area (Å²) in [6.07, 6.45) is 12.6. The van der Waals surface area contributed by atoms with Gasteiger partial charge < -0.3 is 9.84 Å². The summed E-state index contributed by atoms with van der Waals surface area (Å²) >= 11 is 0. The zero-order valence-corrected chi connectivity index (χ0v) is 17.7. The van der Waals surface area contributed by atoms with Gasteiger partial charge in [0.1, 0.15) is 29.5 Å². The lowest BCUT2D eigenvalue weighted by molar-refractivity contribution is 0.300. The van der Waals surface area contributed by atoms with E-state index in [9.17, 15) is 5.11 Å². The molecule has 1 N–H and O–H groups in total. The minimum Gasteiger partial charge on any atom is -0.507 e. The number of fused-ring (bicyclic) bond motifs is 3. The highest BCUT2D eigenvalue weighted by atomic mass is 16.5. The number of phenolic OH excluding ortho intramolecular Hbond substituents is 1. The summed E-state index contributed by atoms with van der Waals surface area (Å²) in [6, 6.07) is 7.52. The molecule has 2 aromatic heterocycles. The molecule has 6 nitrogen and oxygen atoms in total. The molecular weight excluding hydrogens is 388 g/mol. The molecule has 1 aliphatic heterocycles. The fourth-order valence-electron chi connectivity index (χ4n) is 5.75. The first-order valence-corrected chi connectivity index (χ1v) is 11.2. The van der Waals surface area contributed by atoms with E-state index in [1.165, 1.54) is 37.7 Å². The molecule has 1 aromatic carbocycles. The van der Waals surface area contributed by atoms with Gasteiger partial charge in [0.25, 0.3) is 0 Å². The Balaban J connectivity index is 1.30. The van der Waals surface area contributed by atoms with Crippen LogP contribution in [0.1, 0.15) is 37.8 Å². The molecule has 3 heterocycles. The molecule has 158 valence electrons. The molecule has 2 fully saturated rings. The van der Waals surface area contributed by atoms with Crippen LogP contribution in [0.3, 0.4) is 0 Å². The van der Waals surface area contributed by atoms with Gasteiger partial charge in [0.05, 0.1) is 6.20 Å². The Bertz CT molecular complexity index is 1170.